The van der Waals surface area contributed by atoms with E-state index in [1.807, 2.05) is 36.4 Å². The van der Waals surface area contributed by atoms with Crippen LogP contribution >= 0.6 is 12.4 Å². The van der Waals surface area contributed by atoms with Crippen LogP contribution in [0.1, 0.15) is 23.5 Å². The molecule has 0 spiro atoms. The molecule has 5 rings (SSSR count). The largest absolute Gasteiger partial charge is 0.481 e. The van der Waals surface area contributed by atoms with Gasteiger partial charge in [-0.25, -0.2) is 0 Å². The Hall–Kier alpha value is -2.17. The molecule has 5 heteroatoms. The summed E-state index contributed by atoms with van der Waals surface area (Å²) in [4.78, 5) is 26.8. The zero-order chi connectivity index (χ0) is 17.4. The molecule has 0 saturated carbocycles. The molecule has 4 unspecified atom stereocenters. The minimum Gasteiger partial charge on any atom is -0.481 e. The van der Waals surface area contributed by atoms with Gasteiger partial charge in [-0.2, -0.15) is 0 Å². The summed E-state index contributed by atoms with van der Waals surface area (Å²) in [5.74, 6) is -1.75. The first-order valence-corrected chi connectivity index (χ1v) is 8.77. The molecule has 3 heterocycles. The smallest absolute Gasteiger partial charge is 0.308 e. The van der Waals surface area contributed by atoms with Crippen LogP contribution in [0.25, 0.3) is 0 Å². The van der Waals surface area contributed by atoms with Gasteiger partial charge in [0.25, 0.3) is 0 Å². The number of ketones is 1. The summed E-state index contributed by atoms with van der Waals surface area (Å²) in [6.45, 7) is 1.26. The topological polar surface area (TPSA) is 57.6 Å². The highest BCUT2D eigenvalue weighted by Crippen LogP contribution is 2.41. The highest BCUT2D eigenvalue weighted by molar-refractivity contribution is 5.93. The standard InChI is InChI=1S/C21H21NO3.ClH/c23-20-16-11-12-22(13-17(16)21(24)25)19(20)18(14-7-3-1-4-8-14)15-9-5-2-6-10-15;/h1-10,16-19H,11-13H2,(H,24,25);1H. The number of Topliss-reactive ketones (excluding diaryl/α,β-unsaturated/α-hetero) is 1. The number of carbonyl (C=O) groups excluding carboxylic acids is 1. The van der Waals surface area contributed by atoms with E-state index in [1.165, 1.54) is 0 Å². The van der Waals surface area contributed by atoms with Gasteiger partial charge in [0.2, 0.25) is 0 Å². The quantitative estimate of drug-likeness (QED) is 0.896. The lowest BCUT2D eigenvalue weighted by Crippen LogP contribution is -2.62. The molecule has 2 aromatic rings. The second kappa shape index (κ2) is 7.60. The summed E-state index contributed by atoms with van der Waals surface area (Å²) >= 11 is 0. The number of hydrogen-bond acceptors (Lipinski definition) is 3. The van der Waals surface area contributed by atoms with Gasteiger partial charge in [0.1, 0.15) is 0 Å². The molecule has 3 saturated heterocycles. The average molecular weight is 372 g/mol. The molecule has 4 nitrogen and oxygen atoms in total. The van der Waals surface area contributed by atoms with E-state index < -0.39 is 11.9 Å². The van der Waals surface area contributed by atoms with E-state index in [0.717, 1.165) is 17.7 Å². The number of hydrogen-bond donors (Lipinski definition) is 1. The highest BCUT2D eigenvalue weighted by atomic mass is 35.5. The molecule has 26 heavy (non-hydrogen) atoms. The fourth-order valence-corrected chi connectivity index (χ4v) is 4.47. The zero-order valence-electron chi connectivity index (χ0n) is 14.3. The number of halogens is 1. The third-order valence-electron chi connectivity index (χ3n) is 5.64. The maximum atomic E-state index is 13.2. The predicted molar refractivity (Wildman–Crippen MR) is 102 cm³/mol. The van der Waals surface area contributed by atoms with Gasteiger partial charge >= 0.3 is 5.97 Å². The third kappa shape index (κ3) is 3.15. The van der Waals surface area contributed by atoms with E-state index in [2.05, 4.69) is 29.2 Å². The Morgan fingerprint density at radius 3 is 2.00 bits per heavy atom. The first kappa shape index (κ1) is 18.6. The van der Waals surface area contributed by atoms with Crippen molar-refractivity contribution in [1.29, 1.82) is 0 Å². The summed E-state index contributed by atoms with van der Waals surface area (Å²) in [6.07, 6.45) is 0.655. The van der Waals surface area contributed by atoms with Crippen molar-refractivity contribution >= 4 is 24.2 Å². The summed E-state index contributed by atoms with van der Waals surface area (Å²) in [6, 6.07) is 19.9. The van der Waals surface area contributed by atoms with Gasteiger partial charge in [-0.15, -0.1) is 12.4 Å². The second-order valence-electron chi connectivity index (χ2n) is 6.98. The lowest BCUT2D eigenvalue weighted by Gasteiger charge is -2.49. The van der Waals surface area contributed by atoms with Crippen LogP contribution < -0.4 is 0 Å². The summed E-state index contributed by atoms with van der Waals surface area (Å²) < 4.78 is 0. The van der Waals surface area contributed by atoms with E-state index in [9.17, 15) is 14.7 Å². The second-order valence-corrected chi connectivity index (χ2v) is 6.98. The molecular weight excluding hydrogens is 350 g/mol. The van der Waals surface area contributed by atoms with Crippen LogP contribution in [0.2, 0.25) is 0 Å². The van der Waals surface area contributed by atoms with Gasteiger partial charge in [0, 0.05) is 18.4 Å². The SMILES string of the molecule is Cl.O=C(O)C1CN2CCC1C(=O)C2C(c1ccccc1)c1ccccc1. The highest BCUT2D eigenvalue weighted by Gasteiger charge is 2.52. The van der Waals surface area contributed by atoms with E-state index in [-0.39, 0.29) is 36.1 Å². The Morgan fingerprint density at radius 2 is 1.54 bits per heavy atom. The minimum absolute atomic E-state index is 0. The number of rotatable bonds is 4. The van der Waals surface area contributed by atoms with Crippen LogP contribution in [0.15, 0.2) is 60.7 Å². The van der Waals surface area contributed by atoms with Gasteiger partial charge < -0.3 is 5.11 Å². The Labute approximate surface area is 159 Å². The lowest BCUT2D eigenvalue weighted by molar-refractivity contribution is -0.159. The monoisotopic (exact) mass is 371 g/mol. The van der Waals surface area contributed by atoms with Crippen molar-refractivity contribution in [3.05, 3.63) is 71.8 Å². The molecule has 3 fully saturated rings. The van der Waals surface area contributed by atoms with Crippen molar-refractivity contribution in [2.45, 2.75) is 18.4 Å². The number of piperidine rings is 3. The van der Waals surface area contributed by atoms with Crippen LogP contribution in [0.4, 0.5) is 0 Å². The zero-order valence-corrected chi connectivity index (χ0v) is 15.1. The van der Waals surface area contributed by atoms with E-state index in [1.54, 1.807) is 0 Å². The summed E-state index contributed by atoms with van der Waals surface area (Å²) in [5.41, 5.74) is 2.21. The number of carboxylic acids is 1. The maximum Gasteiger partial charge on any atom is 0.308 e. The molecule has 3 aliphatic heterocycles. The van der Waals surface area contributed by atoms with Gasteiger partial charge in [0.05, 0.1) is 12.0 Å². The molecule has 136 valence electrons. The average Bonchev–Trinajstić information content (AvgIpc) is 2.66. The van der Waals surface area contributed by atoms with E-state index in [0.29, 0.717) is 13.0 Å². The molecule has 2 aromatic carbocycles. The minimum atomic E-state index is -0.850. The van der Waals surface area contributed by atoms with Crippen molar-refractivity contribution < 1.29 is 14.7 Å². The summed E-state index contributed by atoms with van der Waals surface area (Å²) in [7, 11) is 0. The van der Waals surface area contributed by atoms with Gasteiger partial charge in [-0.3, -0.25) is 14.5 Å². The first-order valence-electron chi connectivity index (χ1n) is 8.77. The van der Waals surface area contributed by atoms with Crippen molar-refractivity contribution in [3.8, 4) is 0 Å². The van der Waals surface area contributed by atoms with Crippen LogP contribution in [0.3, 0.4) is 0 Å². The Balaban J connectivity index is 0.00000196. The Bertz CT molecular complexity index is 741. The number of carbonyl (C=O) groups is 2. The lowest BCUT2D eigenvalue weighted by atomic mass is 9.69. The summed E-state index contributed by atoms with van der Waals surface area (Å²) in [5, 5.41) is 9.46. The van der Waals surface area contributed by atoms with Crippen LogP contribution in [0, 0.1) is 11.8 Å². The van der Waals surface area contributed by atoms with Gasteiger partial charge in [0.15, 0.2) is 5.78 Å². The normalized spacial score (nSPS) is 27.2. The molecule has 0 aliphatic carbocycles. The fraction of sp³-hybridized carbons (Fsp3) is 0.333. The Kier molecular flexibility index (Phi) is 5.44. The number of carboxylic acid groups (broad SMARTS) is 1. The predicted octanol–water partition coefficient (Wildman–Crippen LogP) is 3.21. The first-order chi connectivity index (χ1) is 12.2. The third-order valence-corrected chi connectivity index (χ3v) is 5.64. The molecule has 1 N–H and O–H groups in total. The molecule has 4 atom stereocenters. The van der Waals surface area contributed by atoms with Gasteiger partial charge in [-0.05, 0) is 24.1 Å². The van der Waals surface area contributed by atoms with Crippen LogP contribution in [-0.4, -0.2) is 40.9 Å². The van der Waals surface area contributed by atoms with E-state index in [4.69, 9.17) is 0 Å². The molecule has 0 aromatic heterocycles. The van der Waals surface area contributed by atoms with Gasteiger partial charge in [-0.1, -0.05) is 60.7 Å². The van der Waals surface area contributed by atoms with Crippen molar-refractivity contribution in [2.75, 3.05) is 13.1 Å². The molecule has 0 amide bonds. The molecule has 2 bridgehead atoms. The number of benzene rings is 2. The van der Waals surface area contributed by atoms with Crippen molar-refractivity contribution in [1.82, 2.24) is 4.90 Å². The number of nitrogens with zero attached hydrogens (tertiary/aromatic N) is 1. The fourth-order valence-electron chi connectivity index (χ4n) is 4.47. The number of fused-ring (bicyclic) bond motifs is 3. The molecule has 0 radical (unpaired) electrons. The number of aliphatic carboxylic acids is 1. The molecular formula is C21H22ClNO3. The van der Waals surface area contributed by atoms with Crippen molar-refractivity contribution in [3.63, 3.8) is 0 Å². The van der Waals surface area contributed by atoms with Crippen LogP contribution in [0.5, 0.6) is 0 Å². The van der Waals surface area contributed by atoms with E-state index >= 15 is 0 Å². The molecule has 3 aliphatic rings. The maximum absolute atomic E-state index is 13.2. The Morgan fingerprint density at radius 1 is 1.00 bits per heavy atom. The van der Waals surface area contributed by atoms with Crippen LogP contribution in [-0.2, 0) is 9.59 Å². The van der Waals surface area contributed by atoms with Crippen molar-refractivity contribution in [2.24, 2.45) is 11.8 Å².